The summed E-state index contributed by atoms with van der Waals surface area (Å²) in [5.41, 5.74) is 7.35. The lowest BCUT2D eigenvalue weighted by Crippen LogP contribution is -2.15. The second-order valence-electron chi connectivity index (χ2n) is 8.11. The van der Waals surface area contributed by atoms with E-state index in [2.05, 4.69) is 26.3 Å². The SMILES string of the molecule is COc1ccc(/C=C(\C#N)C(=O)Nc2c(C)cc(C)cc2C)cc1Cn1nc(C)c(Br)c1C. The van der Waals surface area contributed by atoms with E-state index < -0.39 is 5.91 Å². The molecule has 2 aromatic carbocycles. The summed E-state index contributed by atoms with van der Waals surface area (Å²) in [4.78, 5) is 12.9. The normalized spacial score (nSPS) is 11.3. The minimum absolute atomic E-state index is 0.0272. The number of ether oxygens (including phenoxy) is 1. The summed E-state index contributed by atoms with van der Waals surface area (Å²) < 4.78 is 8.39. The second-order valence-corrected chi connectivity index (χ2v) is 8.90. The summed E-state index contributed by atoms with van der Waals surface area (Å²) in [6.45, 7) is 10.3. The number of halogens is 1. The average molecular weight is 507 g/mol. The molecule has 0 aliphatic heterocycles. The van der Waals surface area contributed by atoms with Gasteiger partial charge in [-0.3, -0.25) is 9.48 Å². The summed E-state index contributed by atoms with van der Waals surface area (Å²) in [5, 5.41) is 17.1. The molecule has 0 radical (unpaired) electrons. The van der Waals surface area contributed by atoms with E-state index in [9.17, 15) is 10.1 Å². The Morgan fingerprint density at radius 2 is 1.85 bits per heavy atom. The molecule has 1 N–H and O–H groups in total. The molecule has 0 saturated carbocycles. The third kappa shape index (κ3) is 5.35. The van der Waals surface area contributed by atoms with Gasteiger partial charge >= 0.3 is 0 Å². The fourth-order valence-corrected chi connectivity index (χ4v) is 4.16. The first-order valence-electron chi connectivity index (χ1n) is 10.5. The summed E-state index contributed by atoms with van der Waals surface area (Å²) in [5.74, 6) is 0.275. The van der Waals surface area contributed by atoms with Gasteiger partial charge in [-0.05, 0) is 85.4 Å². The molecular weight excluding hydrogens is 480 g/mol. The predicted molar refractivity (Wildman–Crippen MR) is 134 cm³/mol. The Morgan fingerprint density at radius 3 is 2.39 bits per heavy atom. The Bertz CT molecular complexity index is 1280. The number of aryl methyl sites for hydroxylation is 4. The number of nitrogens with one attached hydrogen (secondary N) is 1. The van der Waals surface area contributed by atoms with Crippen molar-refractivity contribution in [3.63, 3.8) is 0 Å². The lowest BCUT2D eigenvalue weighted by molar-refractivity contribution is -0.112. The number of methoxy groups -OCH3 is 1. The summed E-state index contributed by atoms with van der Waals surface area (Å²) in [6.07, 6.45) is 1.59. The van der Waals surface area contributed by atoms with Crippen LogP contribution in [0.5, 0.6) is 5.75 Å². The van der Waals surface area contributed by atoms with Gasteiger partial charge in [0, 0.05) is 11.3 Å². The number of aromatic nitrogens is 2. The lowest BCUT2D eigenvalue weighted by Gasteiger charge is -2.13. The van der Waals surface area contributed by atoms with E-state index in [1.165, 1.54) is 0 Å². The van der Waals surface area contributed by atoms with Gasteiger partial charge in [0.2, 0.25) is 0 Å². The van der Waals surface area contributed by atoms with Crippen LogP contribution in [0.15, 0.2) is 40.4 Å². The van der Waals surface area contributed by atoms with E-state index >= 15 is 0 Å². The molecule has 1 amide bonds. The Hall–Kier alpha value is -3.37. The molecule has 0 aliphatic carbocycles. The monoisotopic (exact) mass is 506 g/mol. The number of anilines is 1. The smallest absolute Gasteiger partial charge is 0.266 e. The van der Waals surface area contributed by atoms with Crippen LogP contribution in [0.4, 0.5) is 5.69 Å². The Balaban J connectivity index is 1.92. The van der Waals surface area contributed by atoms with Crippen LogP contribution in [0.2, 0.25) is 0 Å². The standard InChI is InChI=1S/C26H27BrN4O2/c1-15-9-16(2)25(17(3)10-15)29-26(32)21(13-28)11-20-7-8-23(33-6)22(12-20)14-31-19(5)24(27)18(4)30-31/h7-12H,14H2,1-6H3,(H,29,32)/b21-11+. The maximum absolute atomic E-state index is 12.9. The van der Waals surface area contributed by atoms with E-state index in [0.29, 0.717) is 12.3 Å². The Labute approximate surface area is 203 Å². The fraction of sp³-hybridized carbons (Fsp3) is 0.269. The van der Waals surface area contributed by atoms with E-state index in [1.807, 2.05) is 75.7 Å². The summed E-state index contributed by atoms with van der Waals surface area (Å²) in [6, 6.07) is 11.6. The molecule has 0 fully saturated rings. The van der Waals surface area contributed by atoms with Gasteiger partial charge in [0.15, 0.2) is 0 Å². The molecule has 170 valence electrons. The maximum Gasteiger partial charge on any atom is 0.266 e. The molecule has 0 saturated heterocycles. The molecular formula is C26H27BrN4O2. The molecule has 1 aromatic heterocycles. The lowest BCUT2D eigenvalue weighted by atomic mass is 10.0. The van der Waals surface area contributed by atoms with Crippen LogP contribution in [0.3, 0.4) is 0 Å². The number of rotatable bonds is 6. The predicted octanol–water partition coefficient (Wildman–Crippen LogP) is 5.79. The first-order valence-corrected chi connectivity index (χ1v) is 11.3. The zero-order valence-corrected chi connectivity index (χ0v) is 21.3. The van der Waals surface area contributed by atoms with Crippen molar-refractivity contribution in [2.24, 2.45) is 0 Å². The molecule has 0 aliphatic rings. The molecule has 0 unspecified atom stereocenters. The number of hydrogen-bond acceptors (Lipinski definition) is 4. The number of hydrogen-bond donors (Lipinski definition) is 1. The number of nitriles is 1. The van der Waals surface area contributed by atoms with Crippen molar-refractivity contribution in [1.82, 2.24) is 9.78 Å². The second kappa shape index (κ2) is 10.1. The van der Waals surface area contributed by atoms with Crippen LogP contribution >= 0.6 is 15.9 Å². The Kier molecular flexibility index (Phi) is 7.39. The average Bonchev–Trinajstić information content (AvgIpc) is 3.01. The van der Waals surface area contributed by atoms with Gasteiger partial charge in [0.25, 0.3) is 5.91 Å². The van der Waals surface area contributed by atoms with Crippen LogP contribution < -0.4 is 10.1 Å². The van der Waals surface area contributed by atoms with Crippen LogP contribution in [-0.4, -0.2) is 22.8 Å². The van der Waals surface area contributed by atoms with Gasteiger partial charge in [-0.25, -0.2) is 0 Å². The van der Waals surface area contributed by atoms with Gasteiger partial charge in [-0.15, -0.1) is 0 Å². The van der Waals surface area contributed by atoms with Crippen molar-refractivity contribution in [2.45, 2.75) is 41.2 Å². The number of amides is 1. The summed E-state index contributed by atoms with van der Waals surface area (Å²) in [7, 11) is 1.62. The van der Waals surface area contributed by atoms with Gasteiger partial charge in [-0.2, -0.15) is 10.4 Å². The van der Waals surface area contributed by atoms with Crippen molar-refractivity contribution in [3.8, 4) is 11.8 Å². The third-order valence-corrected chi connectivity index (χ3v) is 6.66. The zero-order chi connectivity index (χ0) is 24.3. The molecule has 3 aromatic rings. The Morgan fingerprint density at radius 1 is 1.18 bits per heavy atom. The minimum atomic E-state index is -0.438. The van der Waals surface area contributed by atoms with Crippen molar-refractivity contribution >= 4 is 33.6 Å². The van der Waals surface area contributed by atoms with Crippen molar-refractivity contribution < 1.29 is 9.53 Å². The van der Waals surface area contributed by atoms with Gasteiger partial charge in [0.1, 0.15) is 17.4 Å². The minimum Gasteiger partial charge on any atom is -0.496 e. The molecule has 0 spiro atoms. The highest BCUT2D eigenvalue weighted by Crippen LogP contribution is 2.26. The molecule has 7 heteroatoms. The number of benzene rings is 2. The first kappa shape index (κ1) is 24.3. The van der Waals surface area contributed by atoms with E-state index in [1.54, 1.807) is 13.2 Å². The van der Waals surface area contributed by atoms with Gasteiger partial charge < -0.3 is 10.1 Å². The topological polar surface area (TPSA) is 79.9 Å². The third-order valence-electron chi connectivity index (χ3n) is 5.51. The summed E-state index contributed by atoms with van der Waals surface area (Å²) >= 11 is 3.56. The number of carbonyl (C=O) groups is 1. The van der Waals surface area contributed by atoms with Crippen LogP contribution in [0, 0.1) is 45.9 Å². The molecule has 1 heterocycles. The molecule has 33 heavy (non-hydrogen) atoms. The molecule has 0 bridgehead atoms. The van der Waals surface area contributed by atoms with Crippen LogP contribution in [0.25, 0.3) is 6.08 Å². The largest absolute Gasteiger partial charge is 0.496 e. The highest BCUT2D eigenvalue weighted by Gasteiger charge is 2.15. The van der Waals surface area contributed by atoms with Gasteiger partial charge in [-0.1, -0.05) is 23.8 Å². The quantitative estimate of drug-likeness (QED) is 0.338. The first-order chi connectivity index (χ1) is 15.6. The fourth-order valence-electron chi connectivity index (χ4n) is 3.88. The van der Waals surface area contributed by atoms with E-state index in [-0.39, 0.29) is 5.57 Å². The molecule has 6 nitrogen and oxygen atoms in total. The van der Waals surface area contributed by atoms with Crippen LogP contribution in [0.1, 0.15) is 39.2 Å². The maximum atomic E-state index is 12.9. The highest BCUT2D eigenvalue weighted by molar-refractivity contribution is 9.10. The number of carbonyl (C=O) groups excluding carboxylic acids is 1. The number of nitrogens with zero attached hydrogens (tertiary/aromatic N) is 3. The van der Waals surface area contributed by atoms with Crippen molar-refractivity contribution in [2.75, 3.05) is 12.4 Å². The van der Waals surface area contributed by atoms with Gasteiger partial charge in [0.05, 0.1) is 29.5 Å². The van der Waals surface area contributed by atoms with Crippen LogP contribution in [-0.2, 0) is 11.3 Å². The molecule has 0 atom stereocenters. The van der Waals surface area contributed by atoms with Crippen molar-refractivity contribution in [1.29, 1.82) is 5.26 Å². The highest BCUT2D eigenvalue weighted by atomic mass is 79.9. The van der Waals surface area contributed by atoms with Crippen molar-refractivity contribution in [3.05, 3.63) is 79.6 Å². The zero-order valence-electron chi connectivity index (χ0n) is 19.7. The van der Waals surface area contributed by atoms with E-state index in [0.717, 1.165) is 49.4 Å². The molecule has 3 rings (SSSR count). The van der Waals surface area contributed by atoms with E-state index in [4.69, 9.17) is 4.74 Å².